The van der Waals surface area contributed by atoms with Crippen LogP contribution in [0.3, 0.4) is 0 Å². The highest BCUT2D eigenvalue weighted by Gasteiger charge is 2.13. The van der Waals surface area contributed by atoms with Gasteiger partial charge in [-0.3, -0.25) is 9.36 Å². The summed E-state index contributed by atoms with van der Waals surface area (Å²) < 4.78 is 17.6. The second-order valence-electron chi connectivity index (χ2n) is 4.47. The second kappa shape index (κ2) is 5.38. The zero-order chi connectivity index (χ0) is 13.9. The van der Waals surface area contributed by atoms with Gasteiger partial charge in [0.25, 0.3) is 5.56 Å². The van der Waals surface area contributed by atoms with Crippen LogP contribution in [-0.2, 0) is 11.3 Å². The summed E-state index contributed by atoms with van der Waals surface area (Å²) in [4.78, 5) is 12.3. The summed E-state index contributed by atoms with van der Waals surface area (Å²) in [5.74, 6) is 1.37. The smallest absolute Gasteiger partial charge is 0.260 e. The first-order valence-corrected chi connectivity index (χ1v) is 6.39. The number of hydrogen-bond donors (Lipinski definition) is 0. The summed E-state index contributed by atoms with van der Waals surface area (Å²) in [5.41, 5.74) is 1.27. The average Bonchev–Trinajstić information content (AvgIpc) is 2.49. The monoisotopic (exact) mass is 273 g/mol. The van der Waals surface area contributed by atoms with Crippen LogP contribution in [0.15, 0.2) is 41.3 Å². The number of methoxy groups -OCH3 is 1. The molecule has 0 N–H and O–H groups in total. The lowest BCUT2D eigenvalue weighted by Crippen LogP contribution is -2.22. The molecule has 104 valence electrons. The van der Waals surface area contributed by atoms with E-state index in [0.717, 1.165) is 5.69 Å². The first-order chi connectivity index (χ1) is 9.79. The topological polar surface area (TPSA) is 49.7 Å². The molecule has 0 saturated heterocycles. The van der Waals surface area contributed by atoms with Crippen LogP contribution in [0, 0.1) is 0 Å². The molecule has 0 amide bonds. The first kappa shape index (κ1) is 12.7. The van der Waals surface area contributed by atoms with E-state index in [9.17, 15) is 4.79 Å². The predicted octanol–water partition coefficient (Wildman–Crippen LogP) is 1.76. The Bertz CT molecular complexity index is 678. The Morgan fingerprint density at radius 1 is 1.20 bits per heavy atom. The largest absolute Gasteiger partial charge is 0.486 e. The van der Waals surface area contributed by atoms with E-state index in [1.54, 1.807) is 23.9 Å². The molecule has 3 rings (SSSR count). The van der Waals surface area contributed by atoms with E-state index in [-0.39, 0.29) is 5.56 Å². The van der Waals surface area contributed by atoms with Crippen molar-refractivity contribution in [2.75, 3.05) is 20.3 Å². The summed E-state index contributed by atoms with van der Waals surface area (Å²) in [7, 11) is 1.57. The highest BCUT2D eigenvalue weighted by Crippen LogP contribution is 2.31. The fraction of sp³-hybridized carbons (Fsp3) is 0.267. The third kappa shape index (κ3) is 2.28. The van der Waals surface area contributed by atoms with Crippen molar-refractivity contribution in [1.29, 1.82) is 0 Å². The normalized spacial score (nSPS) is 13.2. The van der Waals surface area contributed by atoms with Crippen molar-refractivity contribution >= 4 is 0 Å². The number of pyridine rings is 1. The van der Waals surface area contributed by atoms with E-state index in [2.05, 4.69) is 0 Å². The highest BCUT2D eigenvalue weighted by molar-refractivity contribution is 5.49. The number of hydrogen-bond acceptors (Lipinski definition) is 4. The van der Waals surface area contributed by atoms with E-state index in [4.69, 9.17) is 14.2 Å². The van der Waals surface area contributed by atoms with E-state index in [0.29, 0.717) is 36.9 Å². The zero-order valence-electron chi connectivity index (χ0n) is 11.2. The van der Waals surface area contributed by atoms with E-state index in [1.807, 2.05) is 24.3 Å². The van der Waals surface area contributed by atoms with Crippen LogP contribution in [0.5, 0.6) is 11.5 Å². The van der Waals surface area contributed by atoms with Gasteiger partial charge in [-0.2, -0.15) is 0 Å². The minimum absolute atomic E-state index is 0.0916. The molecule has 0 bridgehead atoms. The first-order valence-electron chi connectivity index (χ1n) is 6.39. The molecule has 0 radical (unpaired) electrons. The fourth-order valence-corrected chi connectivity index (χ4v) is 2.19. The molecule has 1 aromatic heterocycles. The molecule has 2 aromatic rings. The number of nitrogens with zero attached hydrogens (tertiary/aromatic N) is 1. The molecular weight excluding hydrogens is 258 g/mol. The van der Waals surface area contributed by atoms with Gasteiger partial charge in [0.2, 0.25) is 0 Å². The van der Waals surface area contributed by atoms with Gasteiger partial charge in [0.05, 0.1) is 12.3 Å². The molecule has 20 heavy (non-hydrogen) atoms. The molecule has 1 aromatic carbocycles. The summed E-state index contributed by atoms with van der Waals surface area (Å²) in [6.07, 6.45) is 1.73. The molecule has 2 heterocycles. The molecule has 5 nitrogen and oxygen atoms in total. The maximum absolute atomic E-state index is 12.3. The van der Waals surface area contributed by atoms with Crippen molar-refractivity contribution in [1.82, 2.24) is 4.57 Å². The van der Waals surface area contributed by atoms with E-state index in [1.165, 1.54) is 0 Å². The van der Waals surface area contributed by atoms with Gasteiger partial charge >= 0.3 is 0 Å². The SMILES string of the molecule is COCc1cccn(-c2ccc3c(c2)OCCO3)c1=O. The Labute approximate surface area is 116 Å². The number of ether oxygens (including phenoxy) is 3. The van der Waals surface area contributed by atoms with Gasteiger partial charge in [-0.15, -0.1) is 0 Å². The summed E-state index contributed by atoms with van der Waals surface area (Å²) in [6.45, 7) is 1.37. The quantitative estimate of drug-likeness (QED) is 0.855. The van der Waals surface area contributed by atoms with Crippen LogP contribution in [0.1, 0.15) is 5.56 Å². The third-order valence-corrected chi connectivity index (χ3v) is 3.13. The van der Waals surface area contributed by atoms with Gasteiger partial charge in [0, 0.05) is 24.9 Å². The number of fused-ring (bicyclic) bond motifs is 1. The molecular formula is C15H15NO4. The molecule has 0 spiro atoms. The van der Waals surface area contributed by atoms with Crippen molar-refractivity contribution < 1.29 is 14.2 Å². The lowest BCUT2D eigenvalue weighted by Gasteiger charge is -2.19. The van der Waals surface area contributed by atoms with Gasteiger partial charge in [-0.1, -0.05) is 0 Å². The number of aromatic nitrogens is 1. The molecule has 0 saturated carbocycles. The zero-order valence-corrected chi connectivity index (χ0v) is 11.2. The van der Waals surface area contributed by atoms with Crippen LogP contribution in [0.25, 0.3) is 5.69 Å². The standard InChI is InChI=1S/C15H15NO4/c1-18-10-11-3-2-6-16(15(11)17)12-4-5-13-14(9-12)20-8-7-19-13/h2-6,9H,7-8,10H2,1H3. The van der Waals surface area contributed by atoms with Crippen LogP contribution in [-0.4, -0.2) is 24.9 Å². The Morgan fingerprint density at radius 3 is 2.80 bits per heavy atom. The van der Waals surface area contributed by atoms with Gasteiger partial charge in [0.1, 0.15) is 13.2 Å². The molecule has 1 aliphatic rings. The lowest BCUT2D eigenvalue weighted by atomic mass is 10.2. The summed E-state index contributed by atoms with van der Waals surface area (Å²) >= 11 is 0. The van der Waals surface area contributed by atoms with Gasteiger partial charge in [-0.25, -0.2) is 0 Å². The second-order valence-corrected chi connectivity index (χ2v) is 4.47. The van der Waals surface area contributed by atoms with Crippen molar-refractivity contribution in [2.24, 2.45) is 0 Å². The Hall–Kier alpha value is -2.27. The van der Waals surface area contributed by atoms with Gasteiger partial charge < -0.3 is 14.2 Å². The molecule has 0 aliphatic carbocycles. The maximum atomic E-state index is 12.3. The van der Waals surface area contributed by atoms with Crippen LogP contribution in [0.2, 0.25) is 0 Å². The van der Waals surface area contributed by atoms with E-state index < -0.39 is 0 Å². The van der Waals surface area contributed by atoms with Crippen molar-refractivity contribution in [2.45, 2.75) is 6.61 Å². The van der Waals surface area contributed by atoms with Crippen LogP contribution in [0.4, 0.5) is 0 Å². The molecule has 0 atom stereocenters. The fourth-order valence-electron chi connectivity index (χ4n) is 2.19. The van der Waals surface area contributed by atoms with Gasteiger partial charge in [0.15, 0.2) is 11.5 Å². The minimum atomic E-state index is -0.0916. The Kier molecular flexibility index (Phi) is 3.43. The predicted molar refractivity (Wildman–Crippen MR) is 73.7 cm³/mol. The number of benzene rings is 1. The lowest BCUT2D eigenvalue weighted by molar-refractivity contribution is 0.171. The highest BCUT2D eigenvalue weighted by atomic mass is 16.6. The Balaban J connectivity index is 2.05. The van der Waals surface area contributed by atoms with Gasteiger partial charge in [-0.05, 0) is 24.3 Å². The molecule has 1 aliphatic heterocycles. The summed E-state index contributed by atoms with van der Waals surface area (Å²) in [5, 5.41) is 0. The van der Waals surface area contributed by atoms with E-state index >= 15 is 0 Å². The van der Waals surface area contributed by atoms with Crippen LogP contribution >= 0.6 is 0 Å². The Morgan fingerprint density at radius 2 is 2.00 bits per heavy atom. The molecule has 0 unspecified atom stereocenters. The van der Waals surface area contributed by atoms with Crippen molar-refractivity contribution in [3.63, 3.8) is 0 Å². The molecule has 0 fully saturated rings. The van der Waals surface area contributed by atoms with Crippen molar-refractivity contribution in [3.05, 3.63) is 52.4 Å². The van der Waals surface area contributed by atoms with Crippen molar-refractivity contribution in [3.8, 4) is 17.2 Å². The minimum Gasteiger partial charge on any atom is -0.486 e. The summed E-state index contributed by atoms with van der Waals surface area (Å²) in [6, 6.07) is 9.06. The number of rotatable bonds is 3. The average molecular weight is 273 g/mol. The maximum Gasteiger partial charge on any atom is 0.260 e. The molecule has 5 heteroatoms. The van der Waals surface area contributed by atoms with Crippen LogP contribution < -0.4 is 15.0 Å². The third-order valence-electron chi connectivity index (χ3n) is 3.13.